The molecule has 1 nitrogen and oxygen atoms in total. The van der Waals surface area contributed by atoms with Crippen LogP contribution in [0.15, 0.2) is 24.3 Å². The zero-order valence-corrected chi connectivity index (χ0v) is 10.2. The maximum atomic E-state index is 6.35. The Morgan fingerprint density at radius 3 is 2.69 bits per heavy atom. The first kappa shape index (κ1) is 10.6. The maximum absolute atomic E-state index is 6.35. The molecule has 0 heterocycles. The summed E-state index contributed by atoms with van der Waals surface area (Å²) >= 11 is 6.35. The largest absolute Gasteiger partial charge is 0.330 e. The van der Waals surface area contributed by atoms with Crippen LogP contribution in [0.5, 0.6) is 0 Å². The Balaban J connectivity index is 2.06. The van der Waals surface area contributed by atoms with Crippen molar-refractivity contribution in [3.05, 3.63) is 34.9 Å². The van der Waals surface area contributed by atoms with Gasteiger partial charge in [-0.3, -0.25) is 0 Å². The smallest absolute Gasteiger partial charge is 0.0444 e. The van der Waals surface area contributed by atoms with Gasteiger partial charge in [0.1, 0.15) is 0 Å². The zero-order chi connectivity index (χ0) is 11.2. The van der Waals surface area contributed by atoms with E-state index in [9.17, 15) is 0 Å². The lowest BCUT2D eigenvalue weighted by atomic mass is 9.68. The molecule has 0 aromatic heterocycles. The Morgan fingerprint density at radius 2 is 2.12 bits per heavy atom. The Morgan fingerprint density at radius 1 is 1.31 bits per heavy atom. The lowest BCUT2D eigenvalue weighted by Crippen LogP contribution is -2.40. The van der Waals surface area contributed by atoms with Crippen molar-refractivity contribution in [3.63, 3.8) is 0 Å². The highest BCUT2D eigenvalue weighted by Gasteiger charge is 2.51. The van der Waals surface area contributed by atoms with E-state index >= 15 is 0 Å². The second-order valence-corrected chi connectivity index (χ2v) is 5.83. The fourth-order valence-corrected chi connectivity index (χ4v) is 4.32. The summed E-state index contributed by atoms with van der Waals surface area (Å²) in [6, 6.07) is 8.27. The van der Waals surface area contributed by atoms with Crippen molar-refractivity contribution >= 4 is 11.6 Å². The summed E-state index contributed by atoms with van der Waals surface area (Å²) in [5.41, 5.74) is 7.58. The fraction of sp³-hybridized carbons (Fsp3) is 0.571. The number of benzene rings is 1. The zero-order valence-electron chi connectivity index (χ0n) is 9.45. The quantitative estimate of drug-likeness (QED) is 0.836. The minimum Gasteiger partial charge on any atom is -0.330 e. The van der Waals surface area contributed by atoms with Crippen molar-refractivity contribution in [2.24, 2.45) is 17.6 Å². The number of fused-ring (bicyclic) bond motifs is 2. The molecule has 0 radical (unpaired) electrons. The van der Waals surface area contributed by atoms with Gasteiger partial charge in [-0.05, 0) is 42.7 Å². The van der Waals surface area contributed by atoms with Crippen LogP contribution in [0.4, 0.5) is 0 Å². The molecule has 2 N–H and O–H groups in total. The second-order valence-electron chi connectivity index (χ2n) is 5.42. The summed E-state index contributed by atoms with van der Waals surface area (Å²) in [7, 11) is 0. The van der Waals surface area contributed by atoms with E-state index in [0.29, 0.717) is 0 Å². The lowest BCUT2D eigenvalue weighted by Gasteiger charge is -2.38. The first-order valence-electron chi connectivity index (χ1n) is 6.21. The SMILES string of the molecule is NCC1(c2ccccc2Cl)CC2CCC1C2. The van der Waals surface area contributed by atoms with E-state index in [4.69, 9.17) is 17.3 Å². The van der Waals surface area contributed by atoms with Gasteiger partial charge in [0.15, 0.2) is 0 Å². The molecule has 86 valence electrons. The van der Waals surface area contributed by atoms with Crippen molar-refractivity contribution < 1.29 is 0 Å². The van der Waals surface area contributed by atoms with Gasteiger partial charge in [-0.25, -0.2) is 0 Å². The van der Waals surface area contributed by atoms with Crippen LogP contribution < -0.4 is 5.73 Å². The highest BCUT2D eigenvalue weighted by molar-refractivity contribution is 6.31. The molecule has 3 atom stereocenters. The number of nitrogens with two attached hydrogens (primary N) is 1. The van der Waals surface area contributed by atoms with Crippen LogP contribution >= 0.6 is 11.6 Å². The summed E-state index contributed by atoms with van der Waals surface area (Å²) < 4.78 is 0. The topological polar surface area (TPSA) is 26.0 Å². The van der Waals surface area contributed by atoms with Crippen LogP contribution in [0.3, 0.4) is 0 Å². The molecule has 0 aliphatic heterocycles. The summed E-state index contributed by atoms with van der Waals surface area (Å²) in [6.07, 6.45) is 5.35. The third-order valence-corrected chi connectivity index (χ3v) is 5.08. The molecule has 16 heavy (non-hydrogen) atoms. The molecule has 0 amide bonds. The van der Waals surface area contributed by atoms with Crippen LogP contribution in [-0.4, -0.2) is 6.54 Å². The minimum atomic E-state index is 0.182. The predicted molar refractivity (Wildman–Crippen MR) is 67.6 cm³/mol. The van der Waals surface area contributed by atoms with Gasteiger partial charge in [0.2, 0.25) is 0 Å². The number of hydrogen-bond donors (Lipinski definition) is 1. The van der Waals surface area contributed by atoms with Crippen LogP contribution in [0.2, 0.25) is 5.02 Å². The second kappa shape index (κ2) is 3.75. The molecule has 0 spiro atoms. The van der Waals surface area contributed by atoms with Gasteiger partial charge in [-0.1, -0.05) is 36.2 Å². The van der Waals surface area contributed by atoms with Gasteiger partial charge < -0.3 is 5.73 Å². The maximum Gasteiger partial charge on any atom is 0.0444 e. The molecular weight excluding hydrogens is 218 g/mol. The average molecular weight is 236 g/mol. The Hall–Kier alpha value is -0.530. The molecule has 2 heteroatoms. The molecule has 1 aromatic rings. The third kappa shape index (κ3) is 1.34. The first-order valence-corrected chi connectivity index (χ1v) is 6.59. The van der Waals surface area contributed by atoms with Crippen molar-refractivity contribution in [2.75, 3.05) is 6.54 Å². The molecule has 3 rings (SSSR count). The van der Waals surface area contributed by atoms with Gasteiger partial charge in [0, 0.05) is 17.0 Å². The van der Waals surface area contributed by atoms with E-state index < -0.39 is 0 Å². The highest BCUT2D eigenvalue weighted by Crippen LogP contribution is 2.57. The third-order valence-electron chi connectivity index (χ3n) is 4.75. The van der Waals surface area contributed by atoms with E-state index in [-0.39, 0.29) is 5.41 Å². The van der Waals surface area contributed by atoms with Crippen molar-refractivity contribution in [2.45, 2.75) is 31.1 Å². The highest BCUT2D eigenvalue weighted by atomic mass is 35.5. The van der Waals surface area contributed by atoms with Gasteiger partial charge in [0.25, 0.3) is 0 Å². The summed E-state index contributed by atoms with van der Waals surface area (Å²) in [5.74, 6) is 1.66. The van der Waals surface area contributed by atoms with Crippen LogP contribution in [0.25, 0.3) is 0 Å². The standard InChI is InChI=1S/C14H18ClN/c15-13-4-2-1-3-12(13)14(9-16)8-10-5-6-11(14)7-10/h1-4,10-11H,5-9,16H2. The van der Waals surface area contributed by atoms with Crippen molar-refractivity contribution in [1.29, 1.82) is 0 Å². The van der Waals surface area contributed by atoms with Crippen molar-refractivity contribution in [1.82, 2.24) is 0 Å². The summed E-state index contributed by atoms with van der Waals surface area (Å²) in [4.78, 5) is 0. The Labute approximate surface area is 102 Å². The van der Waals surface area contributed by atoms with Crippen LogP contribution in [0.1, 0.15) is 31.2 Å². The number of rotatable bonds is 2. The molecule has 2 aliphatic carbocycles. The van der Waals surface area contributed by atoms with Crippen LogP contribution in [-0.2, 0) is 5.41 Å². The van der Waals surface area contributed by atoms with Gasteiger partial charge in [-0.2, -0.15) is 0 Å². The van der Waals surface area contributed by atoms with E-state index in [1.165, 1.54) is 31.2 Å². The van der Waals surface area contributed by atoms with Crippen molar-refractivity contribution in [3.8, 4) is 0 Å². The molecule has 2 bridgehead atoms. The van der Waals surface area contributed by atoms with E-state index in [1.807, 2.05) is 12.1 Å². The molecule has 2 aliphatic rings. The molecule has 2 fully saturated rings. The molecule has 3 unspecified atom stereocenters. The number of halogens is 1. The molecule has 0 saturated heterocycles. The Bertz CT molecular complexity index is 403. The van der Waals surface area contributed by atoms with Crippen LogP contribution in [0, 0.1) is 11.8 Å². The van der Waals surface area contributed by atoms with E-state index in [2.05, 4.69) is 12.1 Å². The number of hydrogen-bond acceptors (Lipinski definition) is 1. The normalized spacial score (nSPS) is 36.9. The fourth-order valence-electron chi connectivity index (χ4n) is 4.00. The average Bonchev–Trinajstić information content (AvgIpc) is 2.90. The first-order chi connectivity index (χ1) is 7.76. The minimum absolute atomic E-state index is 0.182. The lowest BCUT2D eigenvalue weighted by molar-refractivity contribution is 0.275. The monoisotopic (exact) mass is 235 g/mol. The van der Waals surface area contributed by atoms with Gasteiger partial charge >= 0.3 is 0 Å². The summed E-state index contributed by atoms with van der Waals surface area (Å²) in [6.45, 7) is 0.748. The molecular formula is C14H18ClN. The summed E-state index contributed by atoms with van der Waals surface area (Å²) in [5, 5.41) is 0.903. The Kier molecular flexibility index (Phi) is 2.49. The van der Waals surface area contributed by atoms with E-state index in [1.54, 1.807) is 0 Å². The van der Waals surface area contributed by atoms with E-state index in [0.717, 1.165) is 23.4 Å². The predicted octanol–water partition coefficient (Wildman–Crippen LogP) is 3.36. The van der Waals surface area contributed by atoms with Gasteiger partial charge in [-0.15, -0.1) is 0 Å². The van der Waals surface area contributed by atoms with Gasteiger partial charge in [0.05, 0.1) is 0 Å². The molecule has 2 saturated carbocycles. The molecule has 1 aromatic carbocycles.